The minimum atomic E-state index is 0.319. The van der Waals surface area contributed by atoms with Gasteiger partial charge in [0.2, 0.25) is 0 Å². The Kier molecular flexibility index (Phi) is 11.6. The number of carbonyl (C=O) groups is 1. The number of rotatable bonds is 10. The van der Waals surface area contributed by atoms with Crippen LogP contribution in [-0.2, 0) is 4.79 Å². The molecule has 0 spiro atoms. The molecule has 0 unspecified atom stereocenters. The molecule has 0 aromatic carbocycles. The van der Waals surface area contributed by atoms with Crippen molar-refractivity contribution in [2.45, 2.75) is 65.2 Å². The number of ketones is 1. The summed E-state index contributed by atoms with van der Waals surface area (Å²) in [6.45, 7) is 3.74. The maximum absolute atomic E-state index is 10.7. The third kappa shape index (κ3) is 13.2. The van der Waals surface area contributed by atoms with E-state index in [-0.39, 0.29) is 0 Å². The molecule has 0 radical (unpaired) electrons. The Morgan fingerprint density at radius 1 is 0.875 bits per heavy atom. The Labute approximate surface area is 101 Å². The van der Waals surface area contributed by atoms with Crippen molar-refractivity contribution in [3.63, 3.8) is 0 Å². The van der Waals surface area contributed by atoms with E-state index in [1.165, 1.54) is 38.5 Å². The highest BCUT2D eigenvalue weighted by atomic mass is 16.1. The molecule has 0 aliphatic rings. The maximum Gasteiger partial charge on any atom is 0.129 e. The monoisotopic (exact) mass is 222 g/mol. The van der Waals surface area contributed by atoms with Crippen LogP contribution in [0.2, 0.25) is 0 Å². The molecule has 0 N–H and O–H groups in total. The van der Waals surface area contributed by atoms with Crippen LogP contribution < -0.4 is 0 Å². The summed E-state index contributed by atoms with van der Waals surface area (Å²) in [4.78, 5) is 10.7. The molecule has 0 saturated carbocycles. The van der Waals surface area contributed by atoms with Crippen molar-refractivity contribution in [1.82, 2.24) is 0 Å². The molecule has 0 aromatic rings. The Morgan fingerprint density at radius 2 is 1.50 bits per heavy atom. The summed E-state index contributed by atoms with van der Waals surface area (Å²) >= 11 is 0. The number of unbranched alkanes of at least 4 members (excludes halogenated alkanes) is 5. The van der Waals surface area contributed by atoms with E-state index in [0.29, 0.717) is 5.78 Å². The second kappa shape index (κ2) is 12.2. The van der Waals surface area contributed by atoms with Crippen molar-refractivity contribution < 1.29 is 4.79 Å². The number of Topliss-reactive ketones (excluding diaryl/α,β-unsaturated/α-hetero) is 1. The lowest BCUT2D eigenvalue weighted by Gasteiger charge is -1.96. The fourth-order valence-electron chi connectivity index (χ4n) is 1.57. The maximum atomic E-state index is 10.7. The van der Waals surface area contributed by atoms with E-state index in [1.807, 2.05) is 0 Å². The van der Waals surface area contributed by atoms with Crippen LogP contribution in [0.1, 0.15) is 65.2 Å². The van der Waals surface area contributed by atoms with Gasteiger partial charge in [0.15, 0.2) is 0 Å². The molecule has 0 aromatic heterocycles. The Balaban J connectivity index is 3.12. The molecule has 0 rings (SSSR count). The van der Waals surface area contributed by atoms with Gasteiger partial charge in [-0.1, -0.05) is 30.7 Å². The third-order valence-electron chi connectivity index (χ3n) is 2.54. The molecule has 16 heavy (non-hydrogen) atoms. The van der Waals surface area contributed by atoms with Gasteiger partial charge >= 0.3 is 0 Å². The molecule has 0 amide bonds. The van der Waals surface area contributed by atoms with Gasteiger partial charge in [0.05, 0.1) is 0 Å². The van der Waals surface area contributed by atoms with Gasteiger partial charge in [0.1, 0.15) is 5.78 Å². The van der Waals surface area contributed by atoms with E-state index in [9.17, 15) is 4.79 Å². The molecule has 1 nitrogen and oxygen atoms in total. The van der Waals surface area contributed by atoms with Crippen LogP contribution in [-0.4, -0.2) is 5.78 Å². The highest BCUT2D eigenvalue weighted by molar-refractivity contribution is 5.75. The quantitative estimate of drug-likeness (QED) is 0.382. The molecule has 0 fully saturated rings. The number of hydrogen-bond donors (Lipinski definition) is 0. The highest BCUT2D eigenvalue weighted by Gasteiger charge is 1.92. The summed E-state index contributed by atoms with van der Waals surface area (Å²) in [5.74, 6) is 0.319. The summed E-state index contributed by atoms with van der Waals surface area (Å²) in [6.07, 6.45) is 17.9. The predicted molar refractivity (Wildman–Crippen MR) is 71.6 cm³/mol. The average Bonchev–Trinajstić information content (AvgIpc) is 2.25. The number of allylic oxidation sites excluding steroid dienone is 4. The molecule has 0 heterocycles. The van der Waals surface area contributed by atoms with Crippen LogP contribution >= 0.6 is 0 Å². The first-order valence-corrected chi connectivity index (χ1v) is 6.53. The van der Waals surface area contributed by atoms with Crippen LogP contribution in [0.25, 0.3) is 0 Å². The van der Waals surface area contributed by atoms with Crippen LogP contribution in [0.15, 0.2) is 24.3 Å². The predicted octanol–water partition coefficient (Wildman–Crippen LogP) is 4.83. The number of hydrogen-bond acceptors (Lipinski definition) is 1. The number of carbonyl (C=O) groups excluding carboxylic acids is 1. The van der Waals surface area contributed by atoms with Crippen LogP contribution in [0, 0.1) is 0 Å². The Bertz CT molecular complexity index is 213. The van der Waals surface area contributed by atoms with Gasteiger partial charge < -0.3 is 4.79 Å². The van der Waals surface area contributed by atoms with Gasteiger partial charge in [-0.2, -0.15) is 0 Å². The standard InChI is InChI=1S/C15H26O/c1-3-4-5-6-7-8-9-10-11-12-13-14-15(2)16/h3-4,8-9H,5-7,10-14H2,1-2H3. The smallest absolute Gasteiger partial charge is 0.129 e. The van der Waals surface area contributed by atoms with Crippen molar-refractivity contribution >= 4 is 5.78 Å². The Morgan fingerprint density at radius 3 is 2.12 bits per heavy atom. The van der Waals surface area contributed by atoms with Crippen molar-refractivity contribution in [1.29, 1.82) is 0 Å². The van der Waals surface area contributed by atoms with Gasteiger partial charge in [-0.15, -0.1) is 0 Å². The van der Waals surface area contributed by atoms with E-state index in [1.54, 1.807) is 6.92 Å². The zero-order valence-electron chi connectivity index (χ0n) is 10.9. The SMILES string of the molecule is CC=CCCCC=CCCCCCC(C)=O. The average molecular weight is 222 g/mol. The fraction of sp³-hybridized carbons (Fsp3) is 0.667. The van der Waals surface area contributed by atoms with E-state index >= 15 is 0 Å². The van der Waals surface area contributed by atoms with Gasteiger partial charge in [-0.3, -0.25) is 0 Å². The molecule has 0 aliphatic heterocycles. The molecule has 0 bridgehead atoms. The first kappa shape index (κ1) is 15.2. The first-order valence-electron chi connectivity index (χ1n) is 6.53. The first-order chi connectivity index (χ1) is 7.77. The van der Waals surface area contributed by atoms with E-state index in [0.717, 1.165) is 12.8 Å². The zero-order chi connectivity index (χ0) is 12.1. The van der Waals surface area contributed by atoms with Crippen LogP contribution in [0.3, 0.4) is 0 Å². The second-order valence-electron chi connectivity index (χ2n) is 4.27. The zero-order valence-corrected chi connectivity index (χ0v) is 10.9. The van der Waals surface area contributed by atoms with Crippen LogP contribution in [0.4, 0.5) is 0 Å². The second-order valence-corrected chi connectivity index (χ2v) is 4.27. The van der Waals surface area contributed by atoms with E-state index in [2.05, 4.69) is 31.2 Å². The summed E-state index contributed by atoms with van der Waals surface area (Å²) in [5.41, 5.74) is 0. The summed E-state index contributed by atoms with van der Waals surface area (Å²) in [7, 11) is 0. The lowest BCUT2D eigenvalue weighted by atomic mass is 10.1. The summed E-state index contributed by atoms with van der Waals surface area (Å²) in [5, 5.41) is 0. The van der Waals surface area contributed by atoms with Gasteiger partial charge in [-0.05, 0) is 52.4 Å². The van der Waals surface area contributed by atoms with Crippen molar-refractivity contribution in [2.75, 3.05) is 0 Å². The molecule has 0 saturated heterocycles. The van der Waals surface area contributed by atoms with Crippen molar-refractivity contribution in [2.24, 2.45) is 0 Å². The highest BCUT2D eigenvalue weighted by Crippen LogP contribution is 2.05. The fourth-order valence-corrected chi connectivity index (χ4v) is 1.57. The van der Waals surface area contributed by atoms with E-state index in [4.69, 9.17) is 0 Å². The summed E-state index contributed by atoms with van der Waals surface area (Å²) < 4.78 is 0. The normalized spacial score (nSPS) is 11.6. The molecule has 92 valence electrons. The largest absolute Gasteiger partial charge is 0.300 e. The molecular formula is C15H26O. The van der Waals surface area contributed by atoms with Gasteiger partial charge in [0, 0.05) is 6.42 Å². The lowest BCUT2D eigenvalue weighted by Crippen LogP contribution is -1.88. The van der Waals surface area contributed by atoms with E-state index < -0.39 is 0 Å². The third-order valence-corrected chi connectivity index (χ3v) is 2.54. The summed E-state index contributed by atoms with van der Waals surface area (Å²) in [6, 6.07) is 0. The van der Waals surface area contributed by atoms with Crippen LogP contribution in [0.5, 0.6) is 0 Å². The Hall–Kier alpha value is -0.850. The van der Waals surface area contributed by atoms with Gasteiger partial charge in [-0.25, -0.2) is 0 Å². The molecule has 0 atom stereocenters. The minimum absolute atomic E-state index is 0.319. The van der Waals surface area contributed by atoms with Crippen molar-refractivity contribution in [3.05, 3.63) is 24.3 Å². The molecular weight excluding hydrogens is 196 g/mol. The molecule has 1 heteroatoms. The van der Waals surface area contributed by atoms with Gasteiger partial charge in [0.25, 0.3) is 0 Å². The molecule has 0 aliphatic carbocycles. The van der Waals surface area contributed by atoms with Crippen molar-refractivity contribution in [3.8, 4) is 0 Å². The lowest BCUT2D eigenvalue weighted by molar-refractivity contribution is -0.117. The topological polar surface area (TPSA) is 17.1 Å². The minimum Gasteiger partial charge on any atom is -0.300 e.